The zero-order valence-corrected chi connectivity index (χ0v) is 8.72. The second kappa shape index (κ2) is 4.70. The topological polar surface area (TPSA) is 42.7 Å². The highest BCUT2D eigenvalue weighted by molar-refractivity contribution is 5.30. The number of pyridine rings is 1. The zero-order chi connectivity index (χ0) is 10.5. The van der Waals surface area contributed by atoms with Crippen molar-refractivity contribution in [1.29, 1.82) is 0 Å². The summed E-state index contributed by atoms with van der Waals surface area (Å²) in [5, 5.41) is 3.12. The van der Waals surface area contributed by atoms with Crippen molar-refractivity contribution in [2.24, 2.45) is 0 Å². The van der Waals surface area contributed by atoms with E-state index in [4.69, 9.17) is 0 Å². The minimum Gasteiger partial charge on any atom is -0.319 e. The van der Waals surface area contributed by atoms with E-state index in [0.29, 0.717) is 0 Å². The summed E-state index contributed by atoms with van der Waals surface area (Å²) in [5.74, 6) is 1.07. The maximum Gasteiger partial charge on any atom is 0.114 e. The van der Waals surface area contributed by atoms with Crippen LogP contribution < -0.4 is 5.32 Å². The summed E-state index contributed by atoms with van der Waals surface area (Å²) in [4.78, 5) is 8.33. The van der Waals surface area contributed by atoms with Gasteiger partial charge in [-0.25, -0.2) is 4.98 Å². The lowest BCUT2D eigenvalue weighted by Gasteiger charge is -2.06. The number of imidazole rings is 1. The Morgan fingerprint density at radius 1 is 1.27 bits per heavy atom. The third kappa shape index (κ3) is 2.22. The maximum absolute atomic E-state index is 4.33. The van der Waals surface area contributed by atoms with Crippen molar-refractivity contribution < 1.29 is 0 Å². The molecule has 0 aliphatic heterocycles. The molecule has 2 rings (SSSR count). The summed E-state index contributed by atoms with van der Waals surface area (Å²) in [6, 6.07) is 3.95. The number of nitrogens with one attached hydrogen (secondary N) is 1. The number of likely N-dealkylation sites (N-methyl/N-ethyl adjacent to an activating group) is 1. The molecule has 0 aromatic carbocycles. The number of hydrogen-bond donors (Lipinski definition) is 1. The van der Waals surface area contributed by atoms with Gasteiger partial charge in [0.2, 0.25) is 0 Å². The Labute approximate surface area is 89.0 Å². The molecule has 1 N–H and O–H groups in total. The molecule has 0 bridgehead atoms. The van der Waals surface area contributed by atoms with Gasteiger partial charge in [0, 0.05) is 43.4 Å². The standard InChI is InChI=1S/C11H14N4/c1-12-5-4-11-14-8-9-15(11)10-2-6-13-7-3-10/h2-3,6-9,12H,4-5H2,1H3. The third-order valence-electron chi connectivity index (χ3n) is 2.26. The Morgan fingerprint density at radius 2 is 2.07 bits per heavy atom. The smallest absolute Gasteiger partial charge is 0.114 e. The largest absolute Gasteiger partial charge is 0.319 e. The Bertz CT molecular complexity index is 408. The van der Waals surface area contributed by atoms with E-state index in [0.717, 1.165) is 24.5 Å². The van der Waals surface area contributed by atoms with Crippen LogP contribution in [0.15, 0.2) is 36.9 Å². The highest BCUT2D eigenvalue weighted by Gasteiger charge is 2.03. The van der Waals surface area contributed by atoms with E-state index in [9.17, 15) is 0 Å². The van der Waals surface area contributed by atoms with Gasteiger partial charge in [0.15, 0.2) is 0 Å². The van der Waals surface area contributed by atoms with Crippen LogP contribution in [0.2, 0.25) is 0 Å². The van der Waals surface area contributed by atoms with E-state index in [1.54, 1.807) is 12.4 Å². The van der Waals surface area contributed by atoms with Crippen LogP contribution in [0.25, 0.3) is 5.69 Å². The SMILES string of the molecule is CNCCc1nccn1-c1ccncc1. The van der Waals surface area contributed by atoms with Gasteiger partial charge < -0.3 is 9.88 Å². The number of nitrogens with zero attached hydrogens (tertiary/aromatic N) is 3. The molecule has 4 nitrogen and oxygen atoms in total. The molecular formula is C11H14N4. The van der Waals surface area contributed by atoms with E-state index >= 15 is 0 Å². The van der Waals surface area contributed by atoms with Crippen LogP contribution in [0.3, 0.4) is 0 Å². The molecule has 0 radical (unpaired) electrons. The van der Waals surface area contributed by atoms with Gasteiger partial charge in [-0.05, 0) is 19.2 Å². The molecule has 0 saturated heterocycles. The van der Waals surface area contributed by atoms with Gasteiger partial charge in [-0.2, -0.15) is 0 Å². The number of rotatable bonds is 4. The summed E-state index contributed by atoms with van der Waals surface area (Å²) in [5.41, 5.74) is 1.11. The molecule has 15 heavy (non-hydrogen) atoms. The molecule has 0 aliphatic carbocycles. The second-order valence-electron chi connectivity index (χ2n) is 3.27. The molecule has 78 valence electrons. The van der Waals surface area contributed by atoms with Crippen LogP contribution in [-0.4, -0.2) is 28.1 Å². The summed E-state index contributed by atoms with van der Waals surface area (Å²) in [7, 11) is 1.94. The molecule has 0 spiro atoms. The first-order valence-electron chi connectivity index (χ1n) is 4.99. The average molecular weight is 202 g/mol. The van der Waals surface area contributed by atoms with Crippen molar-refractivity contribution in [1.82, 2.24) is 19.9 Å². The molecule has 0 unspecified atom stereocenters. The number of hydrogen-bond acceptors (Lipinski definition) is 3. The van der Waals surface area contributed by atoms with Crippen molar-refractivity contribution in [3.8, 4) is 5.69 Å². The Hall–Kier alpha value is -1.68. The van der Waals surface area contributed by atoms with Crippen molar-refractivity contribution in [2.75, 3.05) is 13.6 Å². The number of aromatic nitrogens is 3. The van der Waals surface area contributed by atoms with Gasteiger partial charge in [-0.15, -0.1) is 0 Å². The molecule has 0 fully saturated rings. The molecule has 0 saturated carbocycles. The molecule has 0 atom stereocenters. The molecule has 0 aliphatic rings. The summed E-state index contributed by atoms with van der Waals surface area (Å²) >= 11 is 0. The van der Waals surface area contributed by atoms with E-state index < -0.39 is 0 Å². The predicted molar refractivity (Wildman–Crippen MR) is 59.0 cm³/mol. The van der Waals surface area contributed by atoms with Crippen LogP contribution in [-0.2, 0) is 6.42 Å². The second-order valence-corrected chi connectivity index (χ2v) is 3.27. The fraction of sp³-hybridized carbons (Fsp3) is 0.273. The lowest BCUT2D eigenvalue weighted by atomic mass is 10.3. The monoisotopic (exact) mass is 202 g/mol. The van der Waals surface area contributed by atoms with Crippen LogP contribution in [0.4, 0.5) is 0 Å². The third-order valence-corrected chi connectivity index (χ3v) is 2.26. The minimum absolute atomic E-state index is 0.922. The fourth-order valence-corrected chi connectivity index (χ4v) is 1.50. The quantitative estimate of drug-likeness (QED) is 0.805. The van der Waals surface area contributed by atoms with Gasteiger partial charge in [0.1, 0.15) is 5.82 Å². The zero-order valence-electron chi connectivity index (χ0n) is 8.72. The van der Waals surface area contributed by atoms with Gasteiger partial charge in [0.25, 0.3) is 0 Å². The molecule has 2 heterocycles. The fourth-order valence-electron chi connectivity index (χ4n) is 1.50. The van der Waals surface area contributed by atoms with Crippen LogP contribution in [0.5, 0.6) is 0 Å². The summed E-state index contributed by atoms with van der Waals surface area (Å²) in [6.07, 6.45) is 8.30. The first kappa shape index (κ1) is 9.86. The maximum atomic E-state index is 4.33. The normalized spacial score (nSPS) is 10.5. The highest BCUT2D eigenvalue weighted by Crippen LogP contribution is 2.09. The van der Waals surface area contributed by atoms with Crippen LogP contribution in [0, 0.1) is 0 Å². The summed E-state index contributed by atoms with van der Waals surface area (Å²) in [6.45, 7) is 0.933. The molecule has 4 heteroatoms. The predicted octanol–water partition coefficient (Wildman–Crippen LogP) is 1.03. The van der Waals surface area contributed by atoms with Gasteiger partial charge in [-0.3, -0.25) is 4.98 Å². The lowest BCUT2D eigenvalue weighted by Crippen LogP contribution is -2.13. The molecule has 0 amide bonds. The van der Waals surface area contributed by atoms with Crippen LogP contribution >= 0.6 is 0 Å². The molecular weight excluding hydrogens is 188 g/mol. The van der Waals surface area contributed by atoms with Gasteiger partial charge in [0.05, 0.1) is 0 Å². The summed E-state index contributed by atoms with van der Waals surface area (Å²) < 4.78 is 2.08. The van der Waals surface area contributed by atoms with Crippen LogP contribution in [0.1, 0.15) is 5.82 Å². The first-order valence-corrected chi connectivity index (χ1v) is 4.99. The van der Waals surface area contributed by atoms with Crippen molar-refractivity contribution in [3.05, 3.63) is 42.7 Å². The van der Waals surface area contributed by atoms with Crippen molar-refractivity contribution >= 4 is 0 Å². The van der Waals surface area contributed by atoms with Gasteiger partial charge >= 0.3 is 0 Å². The average Bonchev–Trinajstić information content (AvgIpc) is 2.75. The Kier molecular flexibility index (Phi) is 3.09. The lowest BCUT2D eigenvalue weighted by molar-refractivity contribution is 0.743. The molecule has 2 aromatic rings. The van der Waals surface area contributed by atoms with Crippen molar-refractivity contribution in [3.63, 3.8) is 0 Å². The van der Waals surface area contributed by atoms with Crippen molar-refractivity contribution in [2.45, 2.75) is 6.42 Å². The van der Waals surface area contributed by atoms with Gasteiger partial charge in [-0.1, -0.05) is 0 Å². The van der Waals surface area contributed by atoms with E-state index in [1.165, 1.54) is 0 Å². The highest BCUT2D eigenvalue weighted by atomic mass is 15.1. The minimum atomic E-state index is 0.922. The van der Waals surface area contributed by atoms with E-state index in [2.05, 4.69) is 19.9 Å². The van der Waals surface area contributed by atoms with E-state index in [1.807, 2.05) is 31.6 Å². The first-order chi connectivity index (χ1) is 7.42. The Morgan fingerprint density at radius 3 is 2.80 bits per heavy atom. The Balaban J connectivity index is 2.25. The molecule has 2 aromatic heterocycles. The van der Waals surface area contributed by atoms with E-state index in [-0.39, 0.29) is 0 Å².